The van der Waals surface area contributed by atoms with E-state index in [9.17, 15) is 4.79 Å². The molecule has 1 atom stereocenters. The van der Waals surface area contributed by atoms with Crippen molar-refractivity contribution in [2.45, 2.75) is 25.0 Å². The molecule has 1 aromatic carbocycles. The van der Waals surface area contributed by atoms with Crippen LogP contribution in [0, 0.1) is 6.92 Å². The van der Waals surface area contributed by atoms with E-state index in [2.05, 4.69) is 17.6 Å². The number of hydrogen-bond donors (Lipinski definition) is 1. The fourth-order valence-electron chi connectivity index (χ4n) is 1.91. The smallest absolute Gasteiger partial charge is 0.313 e. The van der Waals surface area contributed by atoms with E-state index in [-0.39, 0.29) is 11.8 Å². The third-order valence-corrected chi connectivity index (χ3v) is 3.82. The van der Waals surface area contributed by atoms with Crippen molar-refractivity contribution in [3.8, 4) is 0 Å². The Labute approximate surface area is 116 Å². The fraction of sp³-hybridized carbons (Fsp3) is 0.286. The quantitative estimate of drug-likeness (QED) is 0.672. The minimum absolute atomic E-state index is 0.00612. The highest BCUT2D eigenvalue weighted by molar-refractivity contribution is 7.99. The first-order chi connectivity index (χ1) is 9.02. The summed E-state index contributed by atoms with van der Waals surface area (Å²) in [6.45, 7) is 7.85. The van der Waals surface area contributed by atoms with Crippen LogP contribution in [0.2, 0.25) is 0 Å². The number of nitrogens with zero attached hydrogens (tertiary/aromatic N) is 2. The molecule has 0 aliphatic rings. The van der Waals surface area contributed by atoms with Gasteiger partial charge in [-0.2, -0.15) is 0 Å². The number of carboxylic acids is 1. The summed E-state index contributed by atoms with van der Waals surface area (Å²) in [6, 6.07) is 6.10. The zero-order valence-corrected chi connectivity index (χ0v) is 11.8. The highest BCUT2D eigenvalue weighted by Crippen LogP contribution is 2.28. The maximum Gasteiger partial charge on any atom is 0.313 e. The van der Waals surface area contributed by atoms with E-state index in [0.717, 1.165) is 21.8 Å². The summed E-state index contributed by atoms with van der Waals surface area (Å²) < 4.78 is 2.03. The number of aromatic nitrogens is 2. The molecule has 0 saturated heterocycles. The third kappa shape index (κ3) is 2.81. The lowest BCUT2D eigenvalue weighted by Gasteiger charge is -2.13. The zero-order chi connectivity index (χ0) is 14.0. The van der Waals surface area contributed by atoms with Crippen LogP contribution in [-0.2, 0) is 4.79 Å². The van der Waals surface area contributed by atoms with Gasteiger partial charge in [0, 0.05) is 0 Å². The number of carbonyl (C=O) groups is 1. The molecule has 1 unspecified atom stereocenters. The predicted octanol–water partition coefficient (Wildman–Crippen LogP) is 3.27. The number of benzene rings is 1. The van der Waals surface area contributed by atoms with Gasteiger partial charge in [0.1, 0.15) is 0 Å². The second kappa shape index (κ2) is 5.48. The lowest BCUT2D eigenvalue weighted by Crippen LogP contribution is -2.06. The summed E-state index contributed by atoms with van der Waals surface area (Å²) in [7, 11) is 0. The molecule has 0 aliphatic carbocycles. The molecule has 0 fully saturated rings. The lowest BCUT2D eigenvalue weighted by molar-refractivity contribution is -0.133. The molecule has 2 aromatic rings. The normalized spacial score (nSPS) is 12.5. The molecular formula is C14H16N2O2S. The van der Waals surface area contributed by atoms with Crippen molar-refractivity contribution in [3.63, 3.8) is 0 Å². The summed E-state index contributed by atoms with van der Waals surface area (Å²) in [6.07, 6.45) is 1.83. The lowest BCUT2D eigenvalue weighted by atomic mass is 10.2. The van der Waals surface area contributed by atoms with Crippen molar-refractivity contribution in [2.24, 2.45) is 0 Å². The van der Waals surface area contributed by atoms with Crippen LogP contribution in [0.4, 0.5) is 0 Å². The number of aliphatic carboxylic acids is 1. The Morgan fingerprint density at radius 1 is 1.63 bits per heavy atom. The van der Waals surface area contributed by atoms with Gasteiger partial charge in [-0.15, -0.1) is 6.58 Å². The van der Waals surface area contributed by atoms with Crippen molar-refractivity contribution in [3.05, 3.63) is 36.4 Å². The van der Waals surface area contributed by atoms with Gasteiger partial charge in [0.05, 0.1) is 22.8 Å². The first-order valence-corrected chi connectivity index (χ1v) is 6.97. The molecule has 0 bridgehead atoms. The molecule has 1 N–H and O–H groups in total. The van der Waals surface area contributed by atoms with Crippen LogP contribution in [-0.4, -0.2) is 26.4 Å². The van der Waals surface area contributed by atoms with Crippen molar-refractivity contribution in [1.29, 1.82) is 0 Å². The van der Waals surface area contributed by atoms with Crippen LogP contribution < -0.4 is 0 Å². The van der Waals surface area contributed by atoms with Crippen molar-refractivity contribution >= 4 is 28.8 Å². The van der Waals surface area contributed by atoms with E-state index < -0.39 is 5.97 Å². The van der Waals surface area contributed by atoms with Gasteiger partial charge >= 0.3 is 5.97 Å². The maximum atomic E-state index is 10.7. The summed E-state index contributed by atoms with van der Waals surface area (Å²) in [4.78, 5) is 15.2. The number of fused-ring (bicyclic) bond motifs is 1. The first-order valence-electron chi connectivity index (χ1n) is 5.98. The molecule has 0 saturated carbocycles. The van der Waals surface area contributed by atoms with E-state index in [4.69, 9.17) is 5.11 Å². The topological polar surface area (TPSA) is 55.1 Å². The molecule has 0 spiro atoms. The number of thioether (sulfide) groups is 1. The Morgan fingerprint density at radius 2 is 2.37 bits per heavy atom. The van der Waals surface area contributed by atoms with Crippen molar-refractivity contribution in [2.75, 3.05) is 5.75 Å². The Bertz CT molecular complexity index is 634. The van der Waals surface area contributed by atoms with Crippen LogP contribution in [0.25, 0.3) is 11.0 Å². The van der Waals surface area contributed by atoms with Gasteiger partial charge in [0.2, 0.25) is 0 Å². The molecule has 0 amide bonds. The number of aryl methyl sites for hydroxylation is 1. The first kappa shape index (κ1) is 13.7. The van der Waals surface area contributed by atoms with E-state index >= 15 is 0 Å². The molecule has 0 aliphatic heterocycles. The largest absolute Gasteiger partial charge is 0.481 e. The highest BCUT2D eigenvalue weighted by atomic mass is 32.2. The van der Waals surface area contributed by atoms with Crippen LogP contribution in [0.5, 0.6) is 0 Å². The van der Waals surface area contributed by atoms with Crippen LogP contribution in [0.15, 0.2) is 36.0 Å². The van der Waals surface area contributed by atoms with E-state index in [1.165, 1.54) is 11.8 Å². The average Bonchev–Trinajstić information content (AvgIpc) is 2.73. The number of hydrogen-bond acceptors (Lipinski definition) is 3. The molecule has 100 valence electrons. The van der Waals surface area contributed by atoms with Gasteiger partial charge in [0.25, 0.3) is 0 Å². The van der Waals surface area contributed by atoms with Gasteiger partial charge in [-0.3, -0.25) is 4.79 Å². The zero-order valence-electron chi connectivity index (χ0n) is 11.0. The summed E-state index contributed by atoms with van der Waals surface area (Å²) in [5, 5.41) is 9.52. The number of carboxylic acid groups (broad SMARTS) is 1. The van der Waals surface area contributed by atoms with Crippen LogP contribution >= 0.6 is 11.8 Å². The van der Waals surface area contributed by atoms with Crippen LogP contribution in [0.3, 0.4) is 0 Å². The standard InChI is InChI=1S/C14H16N2O2S/c1-4-10(3)16-12-7-9(2)5-6-11(12)15-14(16)19-8-13(17)18/h4-7,10H,1,8H2,2-3H3,(H,17,18). The summed E-state index contributed by atoms with van der Waals surface area (Å²) in [5.41, 5.74) is 3.05. The summed E-state index contributed by atoms with van der Waals surface area (Å²) >= 11 is 1.23. The van der Waals surface area contributed by atoms with Crippen molar-refractivity contribution < 1.29 is 9.90 Å². The molecule has 2 rings (SSSR count). The van der Waals surface area contributed by atoms with E-state index in [1.807, 2.05) is 36.6 Å². The minimum atomic E-state index is -0.842. The van der Waals surface area contributed by atoms with Crippen LogP contribution in [0.1, 0.15) is 18.5 Å². The van der Waals surface area contributed by atoms with Gasteiger partial charge in [-0.25, -0.2) is 4.98 Å². The molecule has 0 radical (unpaired) electrons. The highest BCUT2D eigenvalue weighted by Gasteiger charge is 2.15. The Morgan fingerprint density at radius 3 is 3.00 bits per heavy atom. The molecule has 1 aromatic heterocycles. The van der Waals surface area contributed by atoms with E-state index in [0.29, 0.717) is 0 Å². The number of allylic oxidation sites excluding steroid dienone is 1. The maximum absolute atomic E-state index is 10.7. The molecule has 19 heavy (non-hydrogen) atoms. The van der Waals surface area contributed by atoms with Gasteiger partial charge in [-0.1, -0.05) is 23.9 Å². The second-order valence-electron chi connectivity index (χ2n) is 4.42. The second-order valence-corrected chi connectivity index (χ2v) is 5.36. The monoisotopic (exact) mass is 276 g/mol. The van der Waals surface area contributed by atoms with Gasteiger partial charge in [-0.05, 0) is 31.5 Å². The Balaban J connectivity index is 2.54. The summed E-state index contributed by atoms with van der Waals surface area (Å²) in [5.74, 6) is -0.836. The number of rotatable bonds is 5. The molecule has 4 nitrogen and oxygen atoms in total. The van der Waals surface area contributed by atoms with Gasteiger partial charge < -0.3 is 9.67 Å². The number of imidazole rings is 1. The predicted molar refractivity (Wildman–Crippen MR) is 77.7 cm³/mol. The Hall–Kier alpha value is -1.75. The molecule has 1 heterocycles. The van der Waals surface area contributed by atoms with Gasteiger partial charge in [0.15, 0.2) is 5.16 Å². The molecular weight excluding hydrogens is 260 g/mol. The fourth-order valence-corrected chi connectivity index (χ4v) is 2.73. The minimum Gasteiger partial charge on any atom is -0.481 e. The van der Waals surface area contributed by atoms with E-state index in [1.54, 1.807) is 0 Å². The molecule has 5 heteroatoms. The average molecular weight is 276 g/mol. The SMILES string of the molecule is C=CC(C)n1c(SCC(=O)O)nc2ccc(C)cc21. The van der Waals surface area contributed by atoms with Crippen molar-refractivity contribution in [1.82, 2.24) is 9.55 Å². The third-order valence-electron chi connectivity index (χ3n) is 2.89. The Kier molecular flexibility index (Phi) is 3.95.